The average Bonchev–Trinajstić information content (AvgIpc) is 2.54. The minimum atomic E-state index is 0.645. The van der Waals surface area contributed by atoms with Crippen molar-refractivity contribution < 1.29 is 0 Å². The van der Waals surface area contributed by atoms with Gasteiger partial charge in [-0.1, -0.05) is 104 Å². The molecule has 0 saturated carbocycles. The third-order valence-electron chi connectivity index (χ3n) is 4.57. The Labute approximate surface area is 163 Å². The quantitative estimate of drug-likeness (QED) is 0.493. The Balaban J connectivity index is 0.000000260. The van der Waals surface area contributed by atoms with Gasteiger partial charge in [0.1, 0.15) is 0 Å². The lowest BCUT2D eigenvalue weighted by Crippen LogP contribution is -2.00. The molecular weight excluding hydrogens is 312 g/mol. The van der Waals surface area contributed by atoms with Crippen molar-refractivity contribution in [2.45, 2.75) is 80.1 Å². The van der Waals surface area contributed by atoms with Gasteiger partial charge in [-0.2, -0.15) is 0 Å². The molecule has 0 radical (unpaired) electrons. The van der Waals surface area contributed by atoms with E-state index in [2.05, 4.69) is 104 Å². The van der Waals surface area contributed by atoms with Crippen molar-refractivity contribution in [3.05, 3.63) is 70.8 Å². The number of benzene rings is 2. The summed E-state index contributed by atoms with van der Waals surface area (Å²) in [5.41, 5.74) is 5.96. The Morgan fingerprint density at radius 2 is 1.23 bits per heavy atom. The molecule has 0 aliphatic carbocycles. The van der Waals surface area contributed by atoms with E-state index in [1.54, 1.807) is 0 Å². The van der Waals surface area contributed by atoms with Gasteiger partial charge in [-0.3, -0.25) is 0 Å². The second-order valence-electron chi connectivity index (χ2n) is 8.95. The Morgan fingerprint density at radius 3 is 1.77 bits per heavy atom. The van der Waals surface area contributed by atoms with Crippen LogP contribution in [0.1, 0.15) is 89.5 Å². The zero-order valence-electron chi connectivity index (χ0n) is 18.3. The summed E-state index contributed by atoms with van der Waals surface area (Å²) in [5, 5.41) is 0. The maximum Gasteiger partial charge on any atom is -0.0216 e. The van der Waals surface area contributed by atoms with Crippen molar-refractivity contribution in [2.75, 3.05) is 0 Å². The minimum absolute atomic E-state index is 0.645. The summed E-state index contributed by atoms with van der Waals surface area (Å²) in [6, 6.07) is 17.7. The molecular formula is C26H40. The fourth-order valence-corrected chi connectivity index (χ4v) is 3.27. The van der Waals surface area contributed by atoms with Crippen LogP contribution in [0.25, 0.3) is 0 Å². The highest BCUT2D eigenvalue weighted by Crippen LogP contribution is 2.21. The van der Waals surface area contributed by atoms with Gasteiger partial charge < -0.3 is 0 Å². The lowest BCUT2D eigenvalue weighted by atomic mass is 9.92. The largest absolute Gasteiger partial charge is 0.0625 e. The molecule has 0 spiro atoms. The first-order valence-electron chi connectivity index (χ1n) is 10.4. The molecule has 0 heteroatoms. The van der Waals surface area contributed by atoms with Crippen molar-refractivity contribution in [3.8, 4) is 0 Å². The maximum absolute atomic E-state index is 2.34. The van der Waals surface area contributed by atoms with Crippen LogP contribution < -0.4 is 0 Å². The van der Waals surface area contributed by atoms with E-state index in [9.17, 15) is 0 Å². The molecule has 0 bridgehead atoms. The van der Waals surface area contributed by atoms with E-state index in [0.29, 0.717) is 11.8 Å². The SMILES string of the molecule is CC(C)Cc1cccc(C(C)C)c1.CC(C)Cc1ccccc1C(C)C. The molecule has 0 amide bonds. The summed E-state index contributed by atoms with van der Waals surface area (Å²) < 4.78 is 0. The van der Waals surface area contributed by atoms with Gasteiger partial charge in [0.15, 0.2) is 0 Å². The lowest BCUT2D eigenvalue weighted by Gasteiger charge is -2.13. The molecule has 144 valence electrons. The molecule has 0 saturated heterocycles. The van der Waals surface area contributed by atoms with Crippen LogP contribution in [0, 0.1) is 11.8 Å². The third-order valence-corrected chi connectivity index (χ3v) is 4.57. The van der Waals surface area contributed by atoms with Crippen molar-refractivity contribution >= 4 is 0 Å². The number of rotatable bonds is 6. The fraction of sp³-hybridized carbons (Fsp3) is 0.538. The second kappa shape index (κ2) is 11.2. The lowest BCUT2D eigenvalue weighted by molar-refractivity contribution is 0.638. The summed E-state index contributed by atoms with van der Waals surface area (Å²) in [6.45, 7) is 18.1. The van der Waals surface area contributed by atoms with Crippen LogP contribution in [0.5, 0.6) is 0 Å². The van der Waals surface area contributed by atoms with Crippen molar-refractivity contribution in [2.24, 2.45) is 11.8 Å². The summed E-state index contributed by atoms with van der Waals surface area (Å²) in [4.78, 5) is 0. The normalized spacial score (nSPS) is 11.2. The highest BCUT2D eigenvalue weighted by atomic mass is 14.1. The molecule has 2 aromatic carbocycles. The Hall–Kier alpha value is -1.56. The van der Waals surface area contributed by atoms with Crippen LogP contribution in [0.15, 0.2) is 48.5 Å². The molecule has 26 heavy (non-hydrogen) atoms. The van der Waals surface area contributed by atoms with Crippen molar-refractivity contribution in [1.29, 1.82) is 0 Å². The number of hydrogen-bond acceptors (Lipinski definition) is 0. The molecule has 0 aliphatic heterocycles. The van der Waals surface area contributed by atoms with E-state index in [1.807, 2.05) is 0 Å². The van der Waals surface area contributed by atoms with Gasteiger partial charge >= 0.3 is 0 Å². The van der Waals surface area contributed by atoms with E-state index in [1.165, 1.54) is 35.1 Å². The highest BCUT2D eigenvalue weighted by molar-refractivity contribution is 5.30. The van der Waals surface area contributed by atoms with Crippen LogP contribution in [-0.4, -0.2) is 0 Å². The molecule has 0 nitrogen and oxygen atoms in total. The molecule has 0 N–H and O–H groups in total. The summed E-state index contributed by atoms with van der Waals surface area (Å²) in [7, 11) is 0. The average molecular weight is 353 g/mol. The Bertz CT molecular complexity index is 632. The van der Waals surface area contributed by atoms with Crippen LogP contribution in [-0.2, 0) is 12.8 Å². The van der Waals surface area contributed by atoms with E-state index in [4.69, 9.17) is 0 Å². The molecule has 0 aromatic heterocycles. The third kappa shape index (κ3) is 8.21. The smallest absolute Gasteiger partial charge is 0.0216 e. The van der Waals surface area contributed by atoms with Gasteiger partial charge in [-0.15, -0.1) is 0 Å². The monoisotopic (exact) mass is 352 g/mol. The summed E-state index contributed by atoms with van der Waals surface area (Å²) >= 11 is 0. The topological polar surface area (TPSA) is 0 Å². The van der Waals surface area contributed by atoms with Crippen LogP contribution in [0.2, 0.25) is 0 Å². The predicted molar refractivity (Wildman–Crippen MR) is 118 cm³/mol. The Kier molecular flexibility index (Phi) is 9.70. The standard InChI is InChI=1S/2C13H20/c1-10(2)8-12-6-5-7-13(9-12)11(3)4;1-10(2)9-12-7-5-6-8-13(12)11(3)4/h5-7,9-11H,8H2,1-4H3;5-8,10-11H,9H2,1-4H3. The zero-order valence-corrected chi connectivity index (χ0v) is 18.3. The second-order valence-corrected chi connectivity index (χ2v) is 8.95. The van der Waals surface area contributed by atoms with E-state index >= 15 is 0 Å². The van der Waals surface area contributed by atoms with E-state index in [-0.39, 0.29) is 0 Å². The van der Waals surface area contributed by atoms with Gasteiger partial charge in [-0.25, -0.2) is 0 Å². The predicted octanol–water partition coefficient (Wildman–Crippen LogP) is 8.02. The Morgan fingerprint density at radius 1 is 0.615 bits per heavy atom. The molecule has 0 fully saturated rings. The van der Waals surface area contributed by atoms with E-state index in [0.717, 1.165) is 11.8 Å². The first kappa shape index (κ1) is 22.5. The van der Waals surface area contributed by atoms with Gasteiger partial charge in [-0.05, 0) is 58.8 Å². The van der Waals surface area contributed by atoms with Crippen LogP contribution in [0.3, 0.4) is 0 Å². The molecule has 2 rings (SSSR count). The van der Waals surface area contributed by atoms with Crippen molar-refractivity contribution in [1.82, 2.24) is 0 Å². The molecule has 0 aliphatic rings. The van der Waals surface area contributed by atoms with Gasteiger partial charge in [0.05, 0.1) is 0 Å². The highest BCUT2D eigenvalue weighted by Gasteiger charge is 2.06. The van der Waals surface area contributed by atoms with E-state index < -0.39 is 0 Å². The number of hydrogen-bond donors (Lipinski definition) is 0. The molecule has 2 aromatic rings. The first-order chi connectivity index (χ1) is 12.2. The van der Waals surface area contributed by atoms with Crippen molar-refractivity contribution in [3.63, 3.8) is 0 Å². The summed E-state index contributed by atoms with van der Waals surface area (Å²) in [5.74, 6) is 2.80. The fourth-order valence-electron chi connectivity index (χ4n) is 3.27. The first-order valence-corrected chi connectivity index (χ1v) is 10.4. The van der Waals surface area contributed by atoms with Crippen LogP contribution >= 0.6 is 0 Å². The van der Waals surface area contributed by atoms with Gasteiger partial charge in [0.2, 0.25) is 0 Å². The van der Waals surface area contributed by atoms with Crippen LogP contribution in [0.4, 0.5) is 0 Å². The zero-order chi connectivity index (χ0) is 19.7. The summed E-state index contributed by atoms with van der Waals surface area (Å²) in [6.07, 6.45) is 2.40. The minimum Gasteiger partial charge on any atom is -0.0625 e. The molecule has 0 heterocycles. The van der Waals surface area contributed by atoms with Gasteiger partial charge in [0.25, 0.3) is 0 Å². The molecule has 0 unspecified atom stereocenters. The molecule has 0 atom stereocenters. The maximum atomic E-state index is 2.34. The van der Waals surface area contributed by atoms with Gasteiger partial charge in [0, 0.05) is 0 Å².